The largest absolute Gasteiger partial charge is 0.372 e. The Morgan fingerprint density at radius 3 is 1.85 bits per heavy atom. The van der Waals surface area contributed by atoms with Gasteiger partial charge in [-0.3, -0.25) is 9.98 Å². The summed E-state index contributed by atoms with van der Waals surface area (Å²) in [5.41, 5.74) is 0. The summed E-state index contributed by atoms with van der Waals surface area (Å²) in [6, 6.07) is -0.0901. The second-order valence-electron chi connectivity index (χ2n) is 4.90. The SMILES string of the molecule is O=C(NCCCC1=NCCN1)NCCCC1=NCCN1. The van der Waals surface area contributed by atoms with Gasteiger partial charge >= 0.3 is 6.03 Å². The van der Waals surface area contributed by atoms with Crippen LogP contribution in [0.3, 0.4) is 0 Å². The maximum Gasteiger partial charge on any atom is 0.314 e. The molecule has 2 rings (SSSR count). The van der Waals surface area contributed by atoms with Crippen molar-refractivity contribution in [2.45, 2.75) is 25.7 Å². The van der Waals surface area contributed by atoms with Gasteiger partial charge in [0.2, 0.25) is 0 Å². The Balaban J connectivity index is 1.41. The number of carbonyl (C=O) groups excluding carboxylic acids is 1. The molecule has 112 valence electrons. The van der Waals surface area contributed by atoms with Crippen LogP contribution in [0.4, 0.5) is 4.79 Å². The van der Waals surface area contributed by atoms with Gasteiger partial charge in [0.05, 0.1) is 24.8 Å². The molecule has 7 heteroatoms. The number of carbonyl (C=O) groups is 1. The Morgan fingerprint density at radius 1 is 0.950 bits per heavy atom. The van der Waals surface area contributed by atoms with Gasteiger partial charge in [-0.05, 0) is 12.8 Å². The van der Waals surface area contributed by atoms with Gasteiger partial charge in [-0.2, -0.15) is 0 Å². The minimum absolute atomic E-state index is 0.0901. The number of hydrogen-bond acceptors (Lipinski definition) is 5. The average Bonchev–Trinajstić information content (AvgIpc) is 3.13. The lowest BCUT2D eigenvalue weighted by Gasteiger charge is -2.08. The van der Waals surface area contributed by atoms with Gasteiger partial charge in [-0.15, -0.1) is 0 Å². The zero-order chi connectivity index (χ0) is 14.0. The van der Waals surface area contributed by atoms with Crippen molar-refractivity contribution in [2.24, 2.45) is 9.98 Å². The molecule has 7 nitrogen and oxygen atoms in total. The highest BCUT2D eigenvalue weighted by Crippen LogP contribution is 1.95. The third-order valence-electron chi connectivity index (χ3n) is 3.24. The van der Waals surface area contributed by atoms with Crippen molar-refractivity contribution >= 4 is 17.7 Å². The number of hydrogen-bond donors (Lipinski definition) is 4. The summed E-state index contributed by atoms with van der Waals surface area (Å²) in [6.45, 7) is 5.02. The van der Waals surface area contributed by atoms with E-state index in [2.05, 4.69) is 31.3 Å². The number of aliphatic imine (C=N–C) groups is 2. The third kappa shape index (κ3) is 5.46. The molecule has 0 saturated heterocycles. The van der Waals surface area contributed by atoms with E-state index in [9.17, 15) is 4.79 Å². The van der Waals surface area contributed by atoms with Gasteiger partial charge in [0.25, 0.3) is 0 Å². The van der Waals surface area contributed by atoms with Crippen molar-refractivity contribution in [1.29, 1.82) is 0 Å². The lowest BCUT2D eigenvalue weighted by Crippen LogP contribution is -2.37. The van der Waals surface area contributed by atoms with Crippen molar-refractivity contribution in [1.82, 2.24) is 21.3 Å². The fraction of sp³-hybridized carbons (Fsp3) is 0.769. The lowest BCUT2D eigenvalue weighted by atomic mass is 10.3. The van der Waals surface area contributed by atoms with Gasteiger partial charge in [0, 0.05) is 39.0 Å². The van der Waals surface area contributed by atoms with Crippen LogP contribution in [0, 0.1) is 0 Å². The van der Waals surface area contributed by atoms with Crippen molar-refractivity contribution < 1.29 is 4.79 Å². The van der Waals surface area contributed by atoms with Gasteiger partial charge in [0.1, 0.15) is 0 Å². The van der Waals surface area contributed by atoms with Crippen LogP contribution in [0.1, 0.15) is 25.7 Å². The minimum atomic E-state index is -0.0901. The van der Waals surface area contributed by atoms with E-state index >= 15 is 0 Å². The van der Waals surface area contributed by atoms with Gasteiger partial charge in [-0.25, -0.2) is 4.79 Å². The van der Waals surface area contributed by atoms with Crippen LogP contribution in [-0.4, -0.2) is 57.0 Å². The van der Waals surface area contributed by atoms with Crippen LogP contribution in [0.2, 0.25) is 0 Å². The topological polar surface area (TPSA) is 89.9 Å². The van der Waals surface area contributed by atoms with Crippen LogP contribution in [0.15, 0.2) is 9.98 Å². The van der Waals surface area contributed by atoms with E-state index in [4.69, 9.17) is 0 Å². The predicted molar refractivity (Wildman–Crippen MR) is 80.5 cm³/mol. The Bertz CT molecular complexity index is 345. The van der Waals surface area contributed by atoms with Gasteiger partial charge < -0.3 is 21.3 Å². The molecule has 4 N–H and O–H groups in total. The van der Waals surface area contributed by atoms with Crippen molar-refractivity contribution in [3.63, 3.8) is 0 Å². The highest BCUT2D eigenvalue weighted by molar-refractivity contribution is 5.84. The van der Waals surface area contributed by atoms with Crippen molar-refractivity contribution in [3.05, 3.63) is 0 Å². The summed E-state index contributed by atoms with van der Waals surface area (Å²) >= 11 is 0. The lowest BCUT2D eigenvalue weighted by molar-refractivity contribution is 0.240. The molecule has 2 aliphatic rings. The van der Waals surface area contributed by atoms with Gasteiger partial charge in [-0.1, -0.05) is 0 Å². The molecule has 0 radical (unpaired) electrons. The molecular weight excluding hydrogens is 256 g/mol. The van der Waals surface area contributed by atoms with Crippen LogP contribution in [-0.2, 0) is 0 Å². The highest BCUT2D eigenvalue weighted by atomic mass is 16.2. The average molecular weight is 280 g/mol. The van der Waals surface area contributed by atoms with Crippen molar-refractivity contribution in [3.8, 4) is 0 Å². The molecule has 2 heterocycles. The number of urea groups is 1. The van der Waals surface area contributed by atoms with E-state index in [1.54, 1.807) is 0 Å². The second kappa shape index (κ2) is 8.39. The standard InChI is InChI=1S/C13H24N6O/c20-13(18-5-1-3-11-14-7-8-15-11)19-6-2-4-12-16-9-10-17-12/h1-10H2,(H,14,15)(H,16,17)(H2,18,19,20). The molecular formula is C13H24N6O. The zero-order valence-electron chi connectivity index (χ0n) is 11.9. The normalized spacial score (nSPS) is 17.0. The molecule has 0 fully saturated rings. The first-order chi connectivity index (χ1) is 9.84. The smallest absolute Gasteiger partial charge is 0.314 e. The summed E-state index contributed by atoms with van der Waals surface area (Å²) in [7, 11) is 0. The van der Waals surface area contributed by atoms with E-state index < -0.39 is 0 Å². The summed E-state index contributed by atoms with van der Waals surface area (Å²) in [4.78, 5) is 20.1. The zero-order valence-corrected chi connectivity index (χ0v) is 11.9. The van der Waals surface area contributed by atoms with Crippen molar-refractivity contribution in [2.75, 3.05) is 39.3 Å². The molecule has 0 aromatic carbocycles. The quantitative estimate of drug-likeness (QED) is 0.466. The molecule has 0 spiro atoms. The predicted octanol–water partition coefficient (Wildman–Crippen LogP) is -0.151. The number of amidine groups is 2. The van der Waals surface area contributed by atoms with E-state index in [-0.39, 0.29) is 6.03 Å². The van der Waals surface area contributed by atoms with E-state index in [0.29, 0.717) is 13.1 Å². The number of nitrogens with zero attached hydrogens (tertiary/aromatic N) is 2. The summed E-state index contributed by atoms with van der Waals surface area (Å²) in [6.07, 6.45) is 3.65. The summed E-state index contributed by atoms with van der Waals surface area (Å²) < 4.78 is 0. The summed E-state index contributed by atoms with van der Waals surface area (Å²) in [5, 5.41) is 12.1. The fourth-order valence-corrected chi connectivity index (χ4v) is 2.21. The Labute approximate surface area is 119 Å². The molecule has 0 aliphatic carbocycles. The molecule has 20 heavy (non-hydrogen) atoms. The van der Waals surface area contributed by atoms with Crippen LogP contribution in [0.5, 0.6) is 0 Å². The summed E-state index contributed by atoms with van der Waals surface area (Å²) in [5.74, 6) is 2.13. The minimum Gasteiger partial charge on any atom is -0.372 e. The monoisotopic (exact) mass is 280 g/mol. The number of nitrogens with one attached hydrogen (secondary N) is 4. The van der Waals surface area contributed by atoms with Crippen LogP contribution >= 0.6 is 0 Å². The Hall–Kier alpha value is -1.79. The molecule has 2 amide bonds. The van der Waals surface area contributed by atoms with Crippen LogP contribution < -0.4 is 21.3 Å². The van der Waals surface area contributed by atoms with Gasteiger partial charge in [0.15, 0.2) is 0 Å². The fourth-order valence-electron chi connectivity index (χ4n) is 2.21. The Morgan fingerprint density at radius 2 is 1.45 bits per heavy atom. The number of amides is 2. The first kappa shape index (κ1) is 14.6. The molecule has 0 aromatic heterocycles. The van der Waals surface area contributed by atoms with E-state index in [1.807, 2.05) is 0 Å². The first-order valence-corrected chi connectivity index (χ1v) is 7.41. The number of rotatable bonds is 8. The molecule has 0 aromatic rings. The Kier molecular flexibility index (Phi) is 6.13. The molecule has 2 aliphatic heterocycles. The molecule has 0 saturated carbocycles. The highest BCUT2D eigenvalue weighted by Gasteiger charge is 2.06. The molecule has 0 bridgehead atoms. The molecule has 0 atom stereocenters. The van der Waals surface area contributed by atoms with E-state index in [0.717, 1.165) is 63.5 Å². The third-order valence-corrected chi connectivity index (χ3v) is 3.24. The second-order valence-corrected chi connectivity index (χ2v) is 4.90. The molecule has 0 unspecified atom stereocenters. The maximum atomic E-state index is 11.5. The first-order valence-electron chi connectivity index (χ1n) is 7.41. The van der Waals surface area contributed by atoms with E-state index in [1.165, 1.54) is 0 Å². The van der Waals surface area contributed by atoms with Crippen LogP contribution in [0.25, 0.3) is 0 Å². The maximum absolute atomic E-state index is 11.5.